The summed E-state index contributed by atoms with van der Waals surface area (Å²) in [5.41, 5.74) is 0.225. The van der Waals surface area contributed by atoms with Crippen molar-refractivity contribution < 1.29 is 27.5 Å². The third-order valence-corrected chi connectivity index (χ3v) is 4.69. The molecule has 0 fully saturated rings. The molecule has 1 aliphatic rings. The van der Waals surface area contributed by atoms with E-state index < -0.39 is 23.1 Å². The first kappa shape index (κ1) is 18.2. The van der Waals surface area contributed by atoms with Crippen molar-refractivity contribution >= 4 is 28.3 Å². The zero-order chi connectivity index (χ0) is 20.2. The standard InChI is InChI=1S/C21H17F2NO4/c1-10-17-15(6-7-16-18(17)14(25)9-21(2,3)28-16)27-19(10)20(26)24-13-8-11(22)4-5-12(13)23/h4-8H,9H2,1-3H3,(H,24,26). The second kappa shape index (κ2) is 6.15. The van der Waals surface area contributed by atoms with Crippen molar-refractivity contribution in [1.29, 1.82) is 0 Å². The van der Waals surface area contributed by atoms with Gasteiger partial charge in [-0.25, -0.2) is 8.78 Å². The van der Waals surface area contributed by atoms with Crippen LogP contribution in [-0.4, -0.2) is 17.3 Å². The predicted molar refractivity (Wildman–Crippen MR) is 98.9 cm³/mol. The van der Waals surface area contributed by atoms with Crippen molar-refractivity contribution in [3.63, 3.8) is 0 Å². The first-order chi connectivity index (χ1) is 13.2. The van der Waals surface area contributed by atoms with Gasteiger partial charge in [-0.05, 0) is 45.0 Å². The molecule has 7 heteroatoms. The number of rotatable bonds is 2. The number of Topliss-reactive ketones (excluding diaryl/α,β-unsaturated/α-hetero) is 1. The lowest BCUT2D eigenvalue weighted by molar-refractivity contribution is 0.0623. The first-order valence-electron chi connectivity index (χ1n) is 8.71. The monoisotopic (exact) mass is 385 g/mol. The molecule has 0 atom stereocenters. The highest BCUT2D eigenvalue weighted by Crippen LogP contribution is 2.40. The lowest BCUT2D eigenvalue weighted by Gasteiger charge is -2.31. The fraction of sp³-hybridized carbons (Fsp3) is 0.238. The molecule has 2 heterocycles. The fourth-order valence-electron chi connectivity index (χ4n) is 3.48. The molecule has 0 aliphatic carbocycles. The number of halogens is 2. The molecule has 1 amide bonds. The van der Waals surface area contributed by atoms with Gasteiger partial charge < -0.3 is 14.5 Å². The average molecular weight is 385 g/mol. The number of benzene rings is 2. The molecule has 144 valence electrons. The molecule has 0 saturated heterocycles. The van der Waals surface area contributed by atoms with E-state index in [9.17, 15) is 18.4 Å². The van der Waals surface area contributed by atoms with Crippen LogP contribution in [0.25, 0.3) is 11.0 Å². The molecule has 1 aliphatic heterocycles. The van der Waals surface area contributed by atoms with Gasteiger partial charge >= 0.3 is 0 Å². The van der Waals surface area contributed by atoms with Gasteiger partial charge in [0.2, 0.25) is 0 Å². The molecular formula is C21H17F2NO4. The Morgan fingerprint density at radius 1 is 1.18 bits per heavy atom. The van der Waals surface area contributed by atoms with Crippen molar-refractivity contribution in [3.8, 4) is 5.75 Å². The normalized spacial score (nSPS) is 15.2. The predicted octanol–water partition coefficient (Wildman–Crippen LogP) is 5.02. The van der Waals surface area contributed by atoms with Crippen LogP contribution in [0.15, 0.2) is 34.7 Å². The van der Waals surface area contributed by atoms with Gasteiger partial charge in [0.15, 0.2) is 11.5 Å². The van der Waals surface area contributed by atoms with Crippen LogP contribution in [0.5, 0.6) is 5.75 Å². The van der Waals surface area contributed by atoms with E-state index in [0.29, 0.717) is 27.8 Å². The van der Waals surface area contributed by atoms with Gasteiger partial charge in [-0.15, -0.1) is 0 Å². The molecule has 0 spiro atoms. The Kier molecular flexibility index (Phi) is 3.99. The van der Waals surface area contributed by atoms with Gasteiger partial charge in [-0.3, -0.25) is 9.59 Å². The topological polar surface area (TPSA) is 68.5 Å². The molecule has 2 aromatic carbocycles. The smallest absolute Gasteiger partial charge is 0.291 e. The summed E-state index contributed by atoms with van der Waals surface area (Å²) in [4.78, 5) is 25.3. The number of anilines is 1. The van der Waals surface area contributed by atoms with Crippen molar-refractivity contribution in [2.45, 2.75) is 32.8 Å². The largest absolute Gasteiger partial charge is 0.487 e. The van der Waals surface area contributed by atoms with E-state index in [0.717, 1.165) is 18.2 Å². The highest BCUT2D eigenvalue weighted by molar-refractivity contribution is 6.14. The molecule has 1 N–H and O–H groups in total. The van der Waals surface area contributed by atoms with Crippen LogP contribution in [0.3, 0.4) is 0 Å². The number of nitrogens with one attached hydrogen (secondary N) is 1. The number of ketones is 1. The molecular weight excluding hydrogens is 368 g/mol. The number of carbonyl (C=O) groups excluding carboxylic acids is 2. The van der Waals surface area contributed by atoms with E-state index in [1.807, 2.05) is 13.8 Å². The molecule has 0 unspecified atom stereocenters. The molecule has 3 aromatic rings. The maximum Gasteiger partial charge on any atom is 0.291 e. The van der Waals surface area contributed by atoms with Crippen LogP contribution in [0, 0.1) is 18.6 Å². The fourth-order valence-corrected chi connectivity index (χ4v) is 3.48. The SMILES string of the molecule is Cc1c(C(=O)Nc2cc(F)ccc2F)oc2ccc3c(c12)C(=O)CC(C)(C)O3. The van der Waals surface area contributed by atoms with Gasteiger partial charge in [0.25, 0.3) is 5.91 Å². The highest BCUT2D eigenvalue weighted by atomic mass is 19.1. The molecule has 0 radical (unpaired) electrons. The Morgan fingerprint density at radius 2 is 1.93 bits per heavy atom. The van der Waals surface area contributed by atoms with Crippen molar-refractivity contribution in [1.82, 2.24) is 0 Å². The summed E-state index contributed by atoms with van der Waals surface area (Å²) in [5, 5.41) is 2.80. The number of aryl methyl sites for hydroxylation is 1. The minimum atomic E-state index is -0.772. The lowest BCUT2D eigenvalue weighted by atomic mass is 9.90. The van der Waals surface area contributed by atoms with Crippen LogP contribution in [0.2, 0.25) is 0 Å². The van der Waals surface area contributed by atoms with E-state index in [4.69, 9.17) is 9.15 Å². The molecule has 1 aromatic heterocycles. The van der Waals surface area contributed by atoms with E-state index in [-0.39, 0.29) is 23.7 Å². The van der Waals surface area contributed by atoms with Crippen molar-refractivity contribution in [3.05, 3.63) is 58.9 Å². The summed E-state index contributed by atoms with van der Waals surface area (Å²) in [7, 11) is 0. The zero-order valence-corrected chi connectivity index (χ0v) is 15.5. The summed E-state index contributed by atoms with van der Waals surface area (Å²) < 4.78 is 38.7. The van der Waals surface area contributed by atoms with Crippen molar-refractivity contribution in [2.75, 3.05) is 5.32 Å². The summed E-state index contributed by atoms with van der Waals surface area (Å²) in [5.74, 6) is -1.95. The Balaban J connectivity index is 1.79. The summed E-state index contributed by atoms with van der Waals surface area (Å²) >= 11 is 0. The van der Waals surface area contributed by atoms with Gasteiger partial charge in [0.05, 0.1) is 17.7 Å². The third-order valence-electron chi connectivity index (χ3n) is 4.69. The van der Waals surface area contributed by atoms with E-state index in [2.05, 4.69) is 5.32 Å². The van der Waals surface area contributed by atoms with Gasteiger partial charge in [0.1, 0.15) is 28.6 Å². The minimum absolute atomic E-state index is 0.0790. The number of hydrogen-bond donors (Lipinski definition) is 1. The Labute approximate surface area is 159 Å². The Bertz CT molecular complexity index is 1150. The maximum absolute atomic E-state index is 13.8. The molecule has 28 heavy (non-hydrogen) atoms. The van der Waals surface area contributed by atoms with Gasteiger partial charge in [0, 0.05) is 17.0 Å². The first-order valence-corrected chi connectivity index (χ1v) is 8.71. The summed E-state index contributed by atoms with van der Waals surface area (Å²) in [6.07, 6.45) is 0.194. The third kappa shape index (κ3) is 2.93. The van der Waals surface area contributed by atoms with Crippen molar-refractivity contribution in [2.24, 2.45) is 0 Å². The molecule has 5 nitrogen and oxygen atoms in total. The number of furan rings is 1. The minimum Gasteiger partial charge on any atom is -0.487 e. The maximum atomic E-state index is 13.8. The van der Waals surface area contributed by atoms with E-state index >= 15 is 0 Å². The zero-order valence-electron chi connectivity index (χ0n) is 15.5. The van der Waals surface area contributed by atoms with Crippen LogP contribution in [-0.2, 0) is 0 Å². The summed E-state index contributed by atoms with van der Waals surface area (Å²) in [6.45, 7) is 5.29. The molecule has 0 saturated carbocycles. The number of carbonyl (C=O) groups is 2. The number of fused-ring (bicyclic) bond motifs is 3. The van der Waals surface area contributed by atoms with E-state index in [1.54, 1.807) is 19.1 Å². The Hall–Kier alpha value is -3.22. The lowest BCUT2D eigenvalue weighted by Crippen LogP contribution is -2.35. The summed E-state index contributed by atoms with van der Waals surface area (Å²) in [6, 6.07) is 6.01. The van der Waals surface area contributed by atoms with E-state index in [1.165, 1.54) is 0 Å². The average Bonchev–Trinajstić information content (AvgIpc) is 2.94. The number of amides is 1. The van der Waals surface area contributed by atoms with Crippen LogP contribution in [0.4, 0.5) is 14.5 Å². The number of hydrogen-bond acceptors (Lipinski definition) is 4. The second-order valence-corrected chi connectivity index (χ2v) is 7.41. The van der Waals surface area contributed by atoms with Crippen LogP contribution in [0.1, 0.15) is 46.7 Å². The second-order valence-electron chi connectivity index (χ2n) is 7.41. The molecule has 0 bridgehead atoms. The Morgan fingerprint density at radius 3 is 2.68 bits per heavy atom. The van der Waals surface area contributed by atoms with Crippen LogP contribution < -0.4 is 10.1 Å². The van der Waals surface area contributed by atoms with Crippen LogP contribution >= 0.6 is 0 Å². The highest BCUT2D eigenvalue weighted by Gasteiger charge is 2.35. The van der Waals surface area contributed by atoms with Gasteiger partial charge in [-0.2, -0.15) is 0 Å². The molecule has 4 rings (SSSR count). The van der Waals surface area contributed by atoms with Gasteiger partial charge in [-0.1, -0.05) is 0 Å². The quantitative estimate of drug-likeness (QED) is 0.673. The number of ether oxygens (including phenoxy) is 1.